The number of carbonyl (C=O) groups excluding carboxylic acids is 1. The van der Waals surface area contributed by atoms with Crippen LogP contribution in [0.5, 0.6) is 0 Å². The number of benzene rings is 2. The highest BCUT2D eigenvalue weighted by Crippen LogP contribution is 2.28. The van der Waals surface area contributed by atoms with E-state index in [1.807, 2.05) is 30.3 Å². The van der Waals surface area contributed by atoms with Gasteiger partial charge in [0.15, 0.2) is 0 Å². The fraction of sp³-hybridized carbons (Fsp3) is 0. The maximum absolute atomic E-state index is 12.4. The highest BCUT2D eigenvalue weighted by molar-refractivity contribution is 7.90. The van der Waals surface area contributed by atoms with E-state index in [0.717, 1.165) is 5.69 Å². The first-order chi connectivity index (χ1) is 9.75. The summed E-state index contributed by atoms with van der Waals surface area (Å²) >= 11 is 0. The normalized spacial score (nSPS) is 16.6. The van der Waals surface area contributed by atoms with E-state index in [-0.39, 0.29) is 10.8 Å². The van der Waals surface area contributed by atoms with Crippen molar-refractivity contribution in [2.24, 2.45) is 0 Å². The SMILES string of the molecule is O=C(Nc1ccccc1)C1=CNc2ccccc2S1=O. The van der Waals surface area contributed by atoms with Crippen LogP contribution in [0.25, 0.3) is 0 Å². The van der Waals surface area contributed by atoms with E-state index in [0.29, 0.717) is 10.6 Å². The Labute approximate surface area is 119 Å². The number of carbonyl (C=O) groups is 1. The van der Waals surface area contributed by atoms with E-state index in [1.54, 1.807) is 24.3 Å². The van der Waals surface area contributed by atoms with Crippen LogP contribution >= 0.6 is 0 Å². The molecule has 0 radical (unpaired) electrons. The molecular weight excluding hydrogens is 272 g/mol. The summed E-state index contributed by atoms with van der Waals surface area (Å²) in [6.45, 7) is 0. The fourth-order valence-corrected chi connectivity index (χ4v) is 3.08. The third-order valence-corrected chi connectivity index (χ3v) is 4.36. The van der Waals surface area contributed by atoms with Gasteiger partial charge in [-0.15, -0.1) is 0 Å². The highest BCUT2D eigenvalue weighted by atomic mass is 32.2. The first-order valence-corrected chi connectivity index (χ1v) is 7.24. The second-order valence-corrected chi connectivity index (χ2v) is 5.66. The Morgan fingerprint density at radius 3 is 2.50 bits per heavy atom. The van der Waals surface area contributed by atoms with Gasteiger partial charge in [-0.05, 0) is 24.3 Å². The van der Waals surface area contributed by atoms with E-state index < -0.39 is 10.8 Å². The van der Waals surface area contributed by atoms with Crippen LogP contribution < -0.4 is 10.6 Å². The van der Waals surface area contributed by atoms with Gasteiger partial charge in [0.05, 0.1) is 21.4 Å². The zero-order chi connectivity index (χ0) is 13.9. The minimum Gasteiger partial charge on any atom is -0.359 e. The molecule has 0 saturated carbocycles. The number of hydrogen-bond acceptors (Lipinski definition) is 3. The summed E-state index contributed by atoms with van der Waals surface area (Å²) in [7, 11) is -1.47. The Morgan fingerprint density at radius 1 is 1.00 bits per heavy atom. The average molecular weight is 284 g/mol. The van der Waals surface area contributed by atoms with Crippen molar-refractivity contribution < 1.29 is 9.00 Å². The van der Waals surface area contributed by atoms with Crippen LogP contribution in [0.1, 0.15) is 0 Å². The molecule has 4 nitrogen and oxygen atoms in total. The lowest BCUT2D eigenvalue weighted by Gasteiger charge is -2.17. The molecule has 20 heavy (non-hydrogen) atoms. The maximum Gasteiger partial charge on any atom is 0.266 e. The first kappa shape index (κ1) is 12.6. The van der Waals surface area contributed by atoms with Gasteiger partial charge >= 0.3 is 0 Å². The van der Waals surface area contributed by atoms with Crippen molar-refractivity contribution in [2.45, 2.75) is 4.90 Å². The fourth-order valence-electron chi connectivity index (χ4n) is 1.93. The van der Waals surface area contributed by atoms with Crippen molar-refractivity contribution in [3.8, 4) is 0 Å². The van der Waals surface area contributed by atoms with Gasteiger partial charge in [-0.25, -0.2) is 4.21 Å². The predicted octanol–water partition coefficient (Wildman–Crippen LogP) is 2.70. The molecule has 3 rings (SSSR count). The monoisotopic (exact) mass is 284 g/mol. The topological polar surface area (TPSA) is 58.2 Å². The van der Waals surface area contributed by atoms with E-state index in [4.69, 9.17) is 0 Å². The number of anilines is 2. The Balaban J connectivity index is 1.84. The first-order valence-electron chi connectivity index (χ1n) is 6.09. The quantitative estimate of drug-likeness (QED) is 0.891. The van der Waals surface area contributed by atoms with Gasteiger partial charge in [-0.1, -0.05) is 30.3 Å². The molecule has 0 aromatic heterocycles. The van der Waals surface area contributed by atoms with Crippen molar-refractivity contribution in [1.29, 1.82) is 0 Å². The molecule has 1 aliphatic rings. The van der Waals surface area contributed by atoms with E-state index in [2.05, 4.69) is 10.6 Å². The Hall–Kier alpha value is -2.40. The zero-order valence-corrected chi connectivity index (χ0v) is 11.3. The summed E-state index contributed by atoms with van der Waals surface area (Å²) in [5.41, 5.74) is 1.44. The van der Waals surface area contributed by atoms with Crippen molar-refractivity contribution in [1.82, 2.24) is 0 Å². The molecule has 2 aromatic rings. The molecule has 2 N–H and O–H groups in total. The number of fused-ring (bicyclic) bond motifs is 1. The van der Waals surface area contributed by atoms with Crippen molar-refractivity contribution in [2.75, 3.05) is 10.6 Å². The third-order valence-electron chi connectivity index (χ3n) is 2.90. The van der Waals surface area contributed by atoms with Gasteiger partial charge < -0.3 is 10.6 Å². The van der Waals surface area contributed by atoms with Gasteiger partial charge in [0.25, 0.3) is 5.91 Å². The summed E-state index contributed by atoms with van der Waals surface area (Å²) in [5.74, 6) is -0.364. The van der Waals surface area contributed by atoms with Gasteiger partial charge in [-0.3, -0.25) is 4.79 Å². The summed E-state index contributed by atoms with van der Waals surface area (Å²) in [4.78, 5) is 13.0. The zero-order valence-electron chi connectivity index (χ0n) is 10.5. The van der Waals surface area contributed by atoms with Crippen molar-refractivity contribution in [3.05, 3.63) is 65.7 Å². The maximum atomic E-state index is 12.4. The standard InChI is InChI=1S/C15H12N2O2S/c18-15(17-11-6-2-1-3-7-11)14-10-16-12-8-4-5-9-13(12)20(14)19/h1-10,16H,(H,17,18). The molecular formula is C15H12N2O2S. The van der Waals surface area contributed by atoms with Crippen LogP contribution in [0, 0.1) is 0 Å². The Kier molecular flexibility index (Phi) is 3.35. The number of rotatable bonds is 2. The number of para-hydroxylation sites is 2. The van der Waals surface area contributed by atoms with E-state index >= 15 is 0 Å². The molecule has 0 saturated heterocycles. The molecule has 1 unspecified atom stereocenters. The third kappa shape index (κ3) is 2.35. The van der Waals surface area contributed by atoms with Gasteiger partial charge in [0.1, 0.15) is 4.91 Å². The second kappa shape index (κ2) is 5.30. The minimum atomic E-state index is -1.47. The van der Waals surface area contributed by atoms with Gasteiger partial charge in [0, 0.05) is 11.9 Å². The van der Waals surface area contributed by atoms with Crippen LogP contribution in [0.2, 0.25) is 0 Å². The molecule has 0 spiro atoms. The lowest BCUT2D eigenvalue weighted by molar-refractivity contribution is -0.112. The molecule has 1 atom stereocenters. The molecule has 2 aromatic carbocycles. The largest absolute Gasteiger partial charge is 0.359 e. The summed E-state index contributed by atoms with van der Waals surface area (Å²) < 4.78 is 12.4. The van der Waals surface area contributed by atoms with Crippen molar-refractivity contribution in [3.63, 3.8) is 0 Å². The molecule has 1 aliphatic heterocycles. The van der Waals surface area contributed by atoms with Crippen LogP contribution in [0.4, 0.5) is 11.4 Å². The van der Waals surface area contributed by atoms with Crippen molar-refractivity contribution >= 4 is 28.1 Å². The molecule has 0 bridgehead atoms. The van der Waals surface area contributed by atoms with E-state index in [1.165, 1.54) is 6.20 Å². The predicted molar refractivity (Wildman–Crippen MR) is 79.6 cm³/mol. The van der Waals surface area contributed by atoms with Crippen LogP contribution in [-0.2, 0) is 15.6 Å². The minimum absolute atomic E-state index is 0.215. The van der Waals surface area contributed by atoms with Crippen LogP contribution in [0.15, 0.2) is 70.6 Å². The smallest absolute Gasteiger partial charge is 0.266 e. The number of hydrogen-bond donors (Lipinski definition) is 2. The molecule has 1 amide bonds. The molecule has 100 valence electrons. The Morgan fingerprint density at radius 2 is 1.70 bits per heavy atom. The lowest BCUT2D eigenvalue weighted by Crippen LogP contribution is -2.21. The number of nitrogens with one attached hydrogen (secondary N) is 2. The van der Waals surface area contributed by atoms with Crippen LogP contribution in [0.3, 0.4) is 0 Å². The molecule has 0 aliphatic carbocycles. The van der Waals surface area contributed by atoms with Gasteiger partial charge in [0.2, 0.25) is 0 Å². The highest BCUT2D eigenvalue weighted by Gasteiger charge is 2.24. The second-order valence-electron chi connectivity index (χ2n) is 4.24. The number of amides is 1. The molecule has 5 heteroatoms. The summed E-state index contributed by atoms with van der Waals surface area (Å²) in [6.07, 6.45) is 1.50. The summed E-state index contributed by atoms with van der Waals surface area (Å²) in [6, 6.07) is 16.3. The lowest BCUT2D eigenvalue weighted by atomic mass is 10.3. The van der Waals surface area contributed by atoms with Crippen LogP contribution in [-0.4, -0.2) is 10.1 Å². The van der Waals surface area contributed by atoms with E-state index in [9.17, 15) is 9.00 Å². The Bertz CT molecular complexity index is 711. The summed E-state index contributed by atoms with van der Waals surface area (Å²) in [5, 5.41) is 5.73. The van der Waals surface area contributed by atoms with Gasteiger partial charge in [-0.2, -0.15) is 0 Å². The average Bonchev–Trinajstić information content (AvgIpc) is 2.49. The molecule has 0 fully saturated rings. The molecule has 1 heterocycles.